The van der Waals surface area contributed by atoms with Gasteiger partial charge in [0, 0.05) is 40.6 Å². The van der Waals surface area contributed by atoms with E-state index in [0.717, 1.165) is 23.4 Å². The topological polar surface area (TPSA) is 42.7 Å². The molecule has 3 heterocycles. The summed E-state index contributed by atoms with van der Waals surface area (Å²) in [7, 11) is 0. The normalized spacial score (nSPS) is 18.9. The summed E-state index contributed by atoms with van der Waals surface area (Å²) >= 11 is 5.92. The highest BCUT2D eigenvalue weighted by Crippen LogP contribution is 2.39. The van der Waals surface area contributed by atoms with Crippen molar-refractivity contribution in [1.29, 1.82) is 0 Å². The molecule has 0 bridgehead atoms. The van der Waals surface area contributed by atoms with Gasteiger partial charge in [-0.2, -0.15) is 5.10 Å². The zero-order chi connectivity index (χ0) is 17.6. The van der Waals surface area contributed by atoms with Gasteiger partial charge in [0.05, 0.1) is 12.2 Å². The van der Waals surface area contributed by atoms with Crippen molar-refractivity contribution in [3.05, 3.63) is 59.3 Å². The predicted molar refractivity (Wildman–Crippen MR) is 98.0 cm³/mol. The lowest BCUT2D eigenvalue weighted by atomic mass is 9.96. The third-order valence-electron chi connectivity index (χ3n) is 4.54. The molecule has 26 heavy (non-hydrogen) atoms. The Balaban J connectivity index is 0.00000131. The Morgan fingerprint density at radius 1 is 1.23 bits per heavy atom. The van der Waals surface area contributed by atoms with Crippen LogP contribution in [0, 0.1) is 5.82 Å². The van der Waals surface area contributed by atoms with Crippen molar-refractivity contribution in [3.8, 4) is 22.4 Å². The smallest absolute Gasteiger partial charge is 1.00 e. The number of halogens is 3. The van der Waals surface area contributed by atoms with Gasteiger partial charge in [-0.1, -0.05) is 11.6 Å². The number of nitrogens with zero attached hydrogens (tertiary/aromatic N) is 3. The Bertz CT molecular complexity index is 933. The molecule has 2 atom stereocenters. The largest absolute Gasteiger partial charge is 1.00 e. The molecule has 0 radical (unpaired) electrons. The van der Waals surface area contributed by atoms with Crippen molar-refractivity contribution < 1.29 is 18.2 Å². The van der Waals surface area contributed by atoms with Crippen LogP contribution in [0.5, 0.6) is 0 Å². The molecule has 0 saturated heterocycles. The summed E-state index contributed by atoms with van der Waals surface area (Å²) in [6.07, 6.45) is 3.48. The SMILES string of the molecule is CC1N[C@@H](C)Cn2nc(-c3ccc(Cl)cc3F)c(-c3ccncc3)c21.[Cl-].[H+]. The highest BCUT2D eigenvalue weighted by atomic mass is 35.5. The first kappa shape index (κ1) is 18.8. The molecule has 0 fully saturated rings. The van der Waals surface area contributed by atoms with E-state index in [0.29, 0.717) is 22.3 Å². The fourth-order valence-electron chi connectivity index (χ4n) is 3.55. The lowest BCUT2D eigenvalue weighted by Crippen LogP contribution is -3.00. The maximum atomic E-state index is 14.6. The summed E-state index contributed by atoms with van der Waals surface area (Å²) in [5, 5.41) is 8.68. The zero-order valence-corrected chi connectivity index (χ0v) is 15.9. The van der Waals surface area contributed by atoms with E-state index in [4.69, 9.17) is 16.7 Å². The van der Waals surface area contributed by atoms with Crippen molar-refractivity contribution >= 4 is 11.6 Å². The van der Waals surface area contributed by atoms with Gasteiger partial charge in [-0.3, -0.25) is 9.67 Å². The van der Waals surface area contributed by atoms with Crippen molar-refractivity contribution in [2.24, 2.45) is 0 Å². The maximum Gasteiger partial charge on any atom is 1.00 e. The molecule has 1 N–H and O–H groups in total. The van der Waals surface area contributed by atoms with Gasteiger partial charge in [0.2, 0.25) is 0 Å². The second kappa shape index (κ2) is 7.35. The molecule has 4 rings (SSSR count). The number of rotatable bonds is 2. The molecule has 0 aliphatic carbocycles. The quantitative estimate of drug-likeness (QED) is 0.719. The molecule has 7 heteroatoms. The van der Waals surface area contributed by atoms with E-state index in [-0.39, 0.29) is 25.7 Å². The van der Waals surface area contributed by atoms with Crippen molar-refractivity contribution in [1.82, 2.24) is 20.1 Å². The van der Waals surface area contributed by atoms with Gasteiger partial charge in [-0.25, -0.2) is 4.39 Å². The summed E-state index contributed by atoms with van der Waals surface area (Å²) in [5.74, 6) is -0.369. The highest BCUT2D eigenvalue weighted by Gasteiger charge is 2.30. The second-order valence-corrected chi connectivity index (χ2v) is 6.88. The van der Waals surface area contributed by atoms with E-state index < -0.39 is 0 Å². The summed E-state index contributed by atoms with van der Waals surface area (Å²) in [6.45, 7) is 4.97. The number of nitrogens with one attached hydrogen (secondary N) is 1. The van der Waals surface area contributed by atoms with E-state index in [1.165, 1.54) is 6.07 Å². The minimum atomic E-state index is -0.369. The van der Waals surface area contributed by atoms with E-state index in [1.807, 2.05) is 16.8 Å². The molecule has 4 nitrogen and oxygen atoms in total. The fourth-order valence-corrected chi connectivity index (χ4v) is 3.70. The number of aromatic nitrogens is 3. The molecule has 0 amide bonds. The minimum Gasteiger partial charge on any atom is -1.00 e. The molecular weight excluding hydrogens is 374 g/mol. The molecule has 3 aromatic rings. The van der Waals surface area contributed by atoms with Crippen LogP contribution in [0.3, 0.4) is 0 Å². The average molecular weight is 393 g/mol. The molecule has 0 saturated carbocycles. The maximum absolute atomic E-state index is 14.6. The molecular formula is C19H19Cl2FN4. The van der Waals surface area contributed by atoms with Crippen molar-refractivity contribution in [2.75, 3.05) is 0 Å². The van der Waals surface area contributed by atoms with Gasteiger partial charge >= 0.3 is 1.43 Å². The van der Waals surface area contributed by atoms with Crippen LogP contribution in [0.25, 0.3) is 22.4 Å². The van der Waals surface area contributed by atoms with Crippen LogP contribution >= 0.6 is 11.6 Å². The van der Waals surface area contributed by atoms with Crippen LogP contribution in [0.15, 0.2) is 42.7 Å². The number of hydrogen-bond donors (Lipinski definition) is 1. The Morgan fingerprint density at radius 3 is 2.65 bits per heavy atom. The molecule has 1 aromatic carbocycles. The number of hydrogen-bond acceptors (Lipinski definition) is 3. The van der Waals surface area contributed by atoms with Crippen LogP contribution < -0.4 is 17.7 Å². The minimum absolute atomic E-state index is 0. The standard InChI is InChI=1S/C19H18ClFN4.ClH/c1-11-10-25-19(12(2)23-11)17(13-5-7-22-8-6-13)18(24-25)15-4-3-14(20)9-16(15)21;/h3-9,11-12,23H,10H2,1-2H3;1H/t11-,12?;/m0./s1. The lowest BCUT2D eigenvalue weighted by molar-refractivity contribution is -0.00000595. The third-order valence-corrected chi connectivity index (χ3v) is 4.77. The van der Waals surface area contributed by atoms with Crippen LogP contribution in [-0.2, 0) is 6.54 Å². The monoisotopic (exact) mass is 392 g/mol. The summed E-state index contributed by atoms with van der Waals surface area (Å²) in [6, 6.07) is 8.99. The molecule has 1 aliphatic heterocycles. The van der Waals surface area contributed by atoms with Crippen LogP contribution in [-0.4, -0.2) is 20.8 Å². The summed E-state index contributed by atoms with van der Waals surface area (Å²) in [5.41, 5.74) is 4.07. The van der Waals surface area contributed by atoms with Crippen LogP contribution in [0.2, 0.25) is 5.02 Å². The summed E-state index contributed by atoms with van der Waals surface area (Å²) < 4.78 is 16.6. The third kappa shape index (κ3) is 3.22. The molecule has 136 valence electrons. The van der Waals surface area contributed by atoms with Gasteiger partial charge in [0.15, 0.2) is 0 Å². The fraction of sp³-hybridized carbons (Fsp3) is 0.263. The van der Waals surface area contributed by atoms with Crippen LogP contribution in [0.4, 0.5) is 4.39 Å². The molecule has 1 aliphatic rings. The highest BCUT2D eigenvalue weighted by molar-refractivity contribution is 6.30. The van der Waals surface area contributed by atoms with E-state index >= 15 is 0 Å². The zero-order valence-electron chi connectivity index (χ0n) is 15.4. The first-order chi connectivity index (χ1) is 12.0. The average Bonchev–Trinajstić information content (AvgIpc) is 2.95. The first-order valence-corrected chi connectivity index (χ1v) is 8.65. The number of fused-ring (bicyclic) bond motifs is 1. The lowest BCUT2D eigenvalue weighted by Gasteiger charge is -2.28. The Kier molecular flexibility index (Phi) is 5.32. The van der Waals surface area contributed by atoms with Gasteiger partial charge in [0.1, 0.15) is 11.5 Å². The van der Waals surface area contributed by atoms with Crippen molar-refractivity contribution in [2.45, 2.75) is 32.5 Å². The van der Waals surface area contributed by atoms with Gasteiger partial charge in [-0.15, -0.1) is 0 Å². The van der Waals surface area contributed by atoms with E-state index in [9.17, 15) is 4.39 Å². The van der Waals surface area contributed by atoms with E-state index in [2.05, 4.69) is 24.1 Å². The molecule has 1 unspecified atom stereocenters. The van der Waals surface area contributed by atoms with Gasteiger partial charge in [-0.05, 0) is 49.7 Å². The number of pyridine rings is 1. The number of benzene rings is 1. The van der Waals surface area contributed by atoms with E-state index in [1.54, 1.807) is 24.5 Å². The summed E-state index contributed by atoms with van der Waals surface area (Å²) in [4.78, 5) is 4.10. The van der Waals surface area contributed by atoms with Gasteiger partial charge in [0.25, 0.3) is 0 Å². The first-order valence-electron chi connectivity index (χ1n) is 8.27. The Hall–Kier alpha value is -1.95. The predicted octanol–water partition coefficient (Wildman–Crippen LogP) is 1.57. The Morgan fingerprint density at radius 2 is 1.96 bits per heavy atom. The molecule has 2 aromatic heterocycles. The van der Waals surface area contributed by atoms with Gasteiger partial charge < -0.3 is 17.7 Å². The molecule has 0 spiro atoms. The van der Waals surface area contributed by atoms with Crippen molar-refractivity contribution in [3.63, 3.8) is 0 Å². The Labute approximate surface area is 164 Å². The van der Waals surface area contributed by atoms with Crippen LogP contribution in [0.1, 0.15) is 27.0 Å². The second-order valence-electron chi connectivity index (χ2n) is 6.44.